The van der Waals surface area contributed by atoms with Crippen LogP contribution >= 0.6 is 0 Å². The second-order valence-corrected chi connectivity index (χ2v) is 18.5. The van der Waals surface area contributed by atoms with Crippen LogP contribution in [0.2, 0.25) is 0 Å². The number of allylic oxidation sites excluding steroid dienone is 1. The normalized spacial score (nSPS) is 44.7. The van der Waals surface area contributed by atoms with E-state index >= 15 is 0 Å². The topological polar surface area (TPSA) is 88.0 Å². The summed E-state index contributed by atoms with van der Waals surface area (Å²) in [6, 6.07) is 0. The van der Waals surface area contributed by atoms with Gasteiger partial charge in [-0.1, -0.05) is 86.3 Å². The van der Waals surface area contributed by atoms with Crippen molar-refractivity contribution >= 4 is 5.97 Å². The first-order valence-corrected chi connectivity index (χ1v) is 18.9. The van der Waals surface area contributed by atoms with Crippen LogP contribution in [0, 0.1) is 56.7 Å². The van der Waals surface area contributed by atoms with E-state index in [1.54, 1.807) is 0 Å². The molecule has 5 aliphatic rings. The number of nitrogens with one attached hydrogen (secondary N) is 1. The van der Waals surface area contributed by atoms with Gasteiger partial charge in [-0.2, -0.15) is 0 Å². The highest BCUT2D eigenvalue weighted by Crippen LogP contribution is 2.74. The number of carboxylic acid groups (broad SMARTS) is 1. The molecule has 6 nitrogen and oxygen atoms in total. The largest absolute Gasteiger partial charge is 0.481 e. The summed E-state index contributed by atoms with van der Waals surface area (Å²) in [6.45, 7) is 21.2. The van der Waals surface area contributed by atoms with Crippen molar-refractivity contribution in [1.29, 1.82) is 0 Å². The zero-order chi connectivity index (χ0) is 34.1. The van der Waals surface area contributed by atoms with Crippen LogP contribution in [0.25, 0.3) is 0 Å². The van der Waals surface area contributed by atoms with Gasteiger partial charge in [-0.25, -0.2) is 0 Å². The summed E-state index contributed by atoms with van der Waals surface area (Å²) in [7, 11) is 3.91. The van der Waals surface area contributed by atoms with Gasteiger partial charge in [-0.15, -0.1) is 0 Å². The maximum absolute atomic E-state index is 13.4. The molecule has 0 aromatic carbocycles. The standard InChI is InChI=1S/C40H69NO5/c1-25(2)26(3)36(7)21-22-37(8)28-15-16-31-35(5,6)33(46-24-39(41-10)18-13-12-14-19-39)30(45-11)23-40(31,27(4)42)29(28)17-20-38(37,9)32(36)34(43)44/h17,25-28,30-33,41-42H,12-16,18-24H2,1-11H3,(H,43,44)/t26-,27+,28+,30-,31+,32-,33+,36-,37-,38+,40+/m1/s1. The summed E-state index contributed by atoms with van der Waals surface area (Å²) >= 11 is 0. The molecular formula is C40H69NO5. The third-order valence-electron chi connectivity index (χ3n) is 16.3. The van der Waals surface area contributed by atoms with E-state index < -0.39 is 23.4 Å². The number of fused-ring (bicyclic) bond motifs is 5. The molecule has 11 atom stereocenters. The predicted octanol–water partition coefficient (Wildman–Crippen LogP) is 8.27. The lowest BCUT2D eigenvalue weighted by molar-refractivity contribution is -0.233. The average molecular weight is 644 g/mol. The molecule has 0 aromatic rings. The van der Waals surface area contributed by atoms with Crippen molar-refractivity contribution in [3.63, 3.8) is 0 Å². The number of aliphatic hydroxyl groups is 1. The van der Waals surface area contributed by atoms with E-state index in [1.165, 1.54) is 24.8 Å². The summed E-state index contributed by atoms with van der Waals surface area (Å²) in [5.74, 6) is 0.187. The Morgan fingerprint density at radius 2 is 1.63 bits per heavy atom. The third kappa shape index (κ3) is 5.11. The minimum atomic E-state index is -0.630. The van der Waals surface area contributed by atoms with Crippen LogP contribution in [-0.2, 0) is 14.3 Å². The highest BCUT2D eigenvalue weighted by atomic mass is 16.5. The number of likely N-dealkylation sites (N-methyl/N-ethyl adjacent to an activating group) is 1. The Hall–Kier alpha value is -0.950. The summed E-state index contributed by atoms with van der Waals surface area (Å²) in [6.07, 6.45) is 13.3. The van der Waals surface area contributed by atoms with Crippen LogP contribution in [-0.4, -0.2) is 60.8 Å². The SMILES string of the molecule is CNC1(CO[C@H]2[C@H](OC)C[C@]3([C@H](C)O)C4=CC[C@@]5(C)[C@H](C(=O)O)[C@@](C)([C@H](C)C(C)C)CC[C@]5(C)[C@H]4CC[C@H]3C2(C)C)CCCCC1. The maximum atomic E-state index is 13.4. The second-order valence-electron chi connectivity index (χ2n) is 18.5. The zero-order valence-corrected chi connectivity index (χ0v) is 31.3. The van der Waals surface area contributed by atoms with Crippen molar-refractivity contribution in [1.82, 2.24) is 5.32 Å². The molecule has 0 aromatic heterocycles. The molecule has 0 heterocycles. The Labute approximate surface area is 281 Å². The molecule has 0 radical (unpaired) electrons. The molecule has 0 bridgehead atoms. The Balaban J connectivity index is 1.55. The van der Waals surface area contributed by atoms with Crippen LogP contribution in [0.4, 0.5) is 0 Å². The van der Waals surface area contributed by atoms with Crippen LogP contribution < -0.4 is 5.32 Å². The molecule has 5 rings (SSSR count). The van der Waals surface area contributed by atoms with Gasteiger partial charge >= 0.3 is 5.97 Å². The minimum Gasteiger partial charge on any atom is -0.481 e. The van der Waals surface area contributed by atoms with Crippen LogP contribution in [0.1, 0.15) is 133 Å². The number of carboxylic acids is 1. The lowest BCUT2D eigenvalue weighted by Crippen LogP contribution is -2.68. The predicted molar refractivity (Wildman–Crippen MR) is 186 cm³/mol. The van der Waals surface area contributed by atoms with Gasteiger partial charge in [0.25, 0.3) is 0 Å². The van der Waals surface area contributed by atoms with Crippen molar-refractivity contribution in [2.75, 3.05) is 20.8 Å². The summed E-state index contributed by atoms with van der Waals surface area (Å²) in [4.78, 5) is 13.4. The number of methoxy groups -OCH3 is 1. The molecule has 5 aliphatic carbocycles. The number of aliphatic hydroxyl groups excluding tert-OH is 1. The van der Waals surface area contributed by atoms with Crippen molar-refractivity contribution < 1.29 is 24.5 Å². The Morgan fingerprint density at radius 3 is 2.17 bits per heavy atom. The molecule has 0 saturated heterocycles. The Kier molecular flexibility index (Phi) is 9.82. The van der Waals surface area contributed by atoms with Crippen molar-refractivity contribution in [3.8, 4) is 0 Å². The highest BCUT2D eigenvalue weighted by Gasteiger charge is 2.71. The number of hydrogen-bond acceptors (Lipinski definition) is 5. The molecular weight excluding hydrogens is 574 g/mol. The monoisotopic (exact) mass is 644 g/mol. The van der Waals surface area contributed by atoms with E-state index in [0.717, 1.165) is 51.4 Å². The van der Waals surface area contributed by atoms with E-state index in [9.17, 15) is 15.0 Å². The Bertz CT molecular complexity index is 1160. The van der Waals surface area contributed by atoms with Gasteiger partial charge in [-0.3, -0.25) is 4.79 Å². The van der Waals surface area contributed by atoms with Gasteiger partial charge in [0.1, 0.15) is 0 Å². The number of carbonyl (C=O) groups is 1. The van der Waals surface area contributed by atoms with Gasteiger partial charge in [0, 0.05) is 18.1 Å². The third-order valence-corrected chi connectivity index (χ3v) is 16.3. The fourth-order valence-corrected chi connectivity index (χ4v) is 12.9. The van der Waals surface area contributed by atoms with Crippen LogP contribution in [0.3, 0.4) is 0 Å². The van der Waals surface area contributed by atoms with E-state index in [0.29, 0.717) is 18.4 Å². The molecule has 0 amide bonds. The quantitative estimate of drug-likeness (QED) is 0.219. The molecule has 3 N–H and O–H groups in total. The molecule has 0 spiro atoms. The van der Waals surface area contributed by atoms with Crippen molar-refractivity contribution in [3.05, 3.63) is 11.6 Å². The lowest BCUT2D eigenvalue weighted by atomic mass is 9.34. The molecule has 264 valence electrons. The Morgan fingerprint density at radius 1 is 0.978 bits per heavy atom. The van der Waals surface area contributed by atoms with Gasteiger partial charge < -0.3 is 25.0 Å². The van der Waals surface area contributed by atoms with E-state index in [1.807, 2.05) is 14.0 Å². The fraction of sp³-hybridized carbons (Fsp3) is 0.925. The fourth-order valence-electron chi connectivity index (χ4n) is 12.9. The summed E-state index contributed by atoms with van der Waals surface area (Å²) in [5.41, 5.74) is -0.00695. The molecule has 0 unspecified atom stereocenters. The van der Waals surface area contributed by atoms with Gasteiger partial charge in [0.15, 0.2) is 0 Å². The number of aliphatic carboxylic acids is 1. The van der Waals surface area contributed by atoms with Gasteiger partial charge in [0.2, 0.25) is 0 Å². The number of ether oxygens (including phenoxy) is 2. The average Bonchev–Trinajstić information content (AvgIpc) is 3.00. The zero-order valence-electron chi connectivity index (χ0n) is 31.3. The minimum absolute atomic E-state index is 0.0251. The van der Waals surface area contributed by atoms with Gasteiger partial charge in [0.05, 0.1) is 30.8 Å². The second kappa shape index (κ2) is 12.4. The summed E-state index contributed by atoms with van der Waals surface area (Å²) in [5, 5.41) is 26.6. The van der Waals surface area contributed by atoms with E-state index in [-0.39, 0.29) is 51.2 Å². The first-order valence-electron chi connectivity index (χ1n) is 18.9. The molecule has 0 aliphatic heterocycles. The molecule has 46 heavy (non-hydrogen) atoms. The maximum Gasteiger partial charge on any atom is 0.307 e. The highest BCUT2D eigenvalue weighted by molar-refractivity contribution is 5.73. The van der Waals surface area contributed by atoms with Crippen LogP contribution in [0.15, 0.2) is 11.6 Å². The number of rotatable bonds is 9. The first kappa shape index (κ1) is 36.3. The smallest absolute Gasteiger partial charge is 0.307 e. The van der Waals surface area contributed by atoms with Crippen LogP contribution in [0.5, 0.6) is 0 Å². The molecule has 4 saturated carbocycles. The van der Waals surface area contributed by atoms with Gasteiger partial charge in [-0.05, 0) is 111 Å². The summed E-state index contributed by atoms with van der Waals surface area (Å²) < 4.78 is 13.4. The van der Waals surface area contributed by atoms with E-state index in [2.05, 4.69) is 73.8 Å². The number of hydrogen-bond donors (Lipinski definition) is 3. The molecule has 6 heteroatoms. The molecule has 4 fully saturated rings. The van der Waals surface area contributed by atoms with Crippen molar-refractivity contribution in [2.45, 2.75) is 157 Å². The van der Waals surface area contributed by atoms with Crippen molar-refractivity contribution in [2.24, 2.45) is 56.7 Å². The first-order chi connectivity index (χ1) is 21.4. The van der Waals surface area contributed by atoms with E-state index in [4.69, 9.17) is 9.47 Å². The lowest BCUT2D eigenvalue weighted by Gasteiger charge is -2.70.